The van der Waals surface area contributed by atoms with Crippen LogP contribution in [-0.4, -0.2) is 25.8 Å². The molecule has 2 aromatic rings. The van der Waals surface area contributed by atoms with Crippen molar-refractivity contribution in [1.82, 2.24) is 0 Å². The minimum Gasteiger partial charge on any atom is -0.463 e. The molecule has 0 radical (unpaired) electrons. The molecule has 0 atom stereocenters. The Bertz CT molecular complexity index is 803. The molecule has 2 rings (SSSR count). The average Bonchev–Trinajstić information content (AvgIpc) is 2.60. The quantitative estimate of drug-likeness (QED) is 0.398. The molecule has 134 valence electrons. The van der Waals surface area contributed by atoms with Gasteiger partial charge in [0, 0.05) is 6.08 Å². The molecule has 0 spiro atoms. The van der Waals surface area contributed by atoms with Crippen molar-refractivity contribution in [2.45, 2.75) is 20.8 Å². The van der Waals surface area contributed by atoms with Gasteiger partial charge in [0.25, 0.3) is 0 Å². The lowest BCUT2D eigenvalue weighted by Crippen LogP contribution is -2.15. The molecular weight excluding hydrogens is 339 g/mol. The van der Waals surface area contributed by atoms with E-state index in [0.717, 1.165) is 10.8 Å². The van der Waals surface area contributed by atoms with Crippen LogP contribution >= 0.6 is 7.60 Å². The van der Waals surface area contributed by atoms with Crippen molar-refractivity contribution in [3.05, 3.63) is 48.0 Å². The van der Waals surface area contributed by atoms with Gasteiger partial charge in [-0.25, -0.2) is 4.79 Å². The maximum atomic E-state index is 13.4. The van der Waals surface area contributed by atoms with Crippen LogP contribution in [0.25, 0.3) is 16.8 Å². The molecule has 0 aliphatic heterocycles. The lowest BCUT2D eigenvalue weighted by molar-refractivity contribution is -0.137. The highest BCUT2D eigenvalue weighted by atomic mass is 31.2. The Kier molecular flexibility index (Phi) is 6.94. The molecule has 25 heavy (non-hydrogen) atoms. The molecule has 0 aliphatic rings. The molecule has 5 nitrogen and oxygen atoms in total. The van der Waals surface area contributed by atoms with Crippen molar-refractivity contribution in [3.63, 3.8) is 0 Å². The van der Waals surface area contributed by atoms with Crippen molar-refractivity contribution >= 4 is 35.7 Å². The first-order valence-corrected chi connectivity index (χ1v) is 9.86. The highest BCUT2D eigenvalue weighted by Crippen LogP contribution is 2.49. The number of benzene rings is 2. The molecule has 0 N–H and O–H groups in total. The Balaban J connectivity index is 2.65. The van der Waals surface area contributed by atoms with Gasteiger partial charge in [-0.3, -0.25) is 4.57 Å². The smallest absolute Gasteiger partial charge is 0.362 e. The number of hydrogen-bond donors (Lipinski definition) is 0. The topological polar surface area (TPSA) is 61.8 Å². The Morgan fingerprint density at radius 3 is 2.32 bits per heavy atom. The molecule has 6 heteroatoms. The molecule has 0 amide bonds. The van der Waals surface area contributed by atoms with E-state index in [-0.39, 0.29) is 13.2 Å². The number of ether oxygens (including phenoxy) is 1. The van der Waals surface area contributed by atoms with E-state index >= 15 is 0 Å². The normalized spacial score (nSPS) is 12.0. The fraction of sp³-hybridized carbons (Fsp3) is 0.316. The predicted octanol–water partition coefficient (Wildman–Crippen LogP) is 4.31. The van der Waals surface area contributed by atoms with E-state index in [4.69, 9.17) is 13.8 Å². The largest absolute Gasteiger partial charge is 0.463 e. The van der Waals surface area contributed by atoms with Crippen LogP contribution in [-0.2, 0) is 23.1 Å². The van der Waals surface area contributed by atoms with Crippen molar-refractivity contribution in [1.29, 1.82) is 0 Å². The van der Waals surface area contributed by atoms with Crippen LogP contribution in [0.5, 0.6) is 0 Å². The summed E-state index contributed by atoms with van der Waals surface area (Å²) in [4.78, 5) is 11.7. The van der Waals surface area contributed by atoms with Crippen LogP contribution in [0.4, 0.5) is 0 Å². The summed E-state index contributed by atoms with van der Waals surface area (Å²) in [7, 11) is -3.53. The van der Waals surface area contributed by atoms with Gasteiger partial charge < -0.3 is 13.8 Å². The Morgan fingerprint density at radius 1 is 1.00 bits per heavy atom. The lowest BCUT2D eigenvalue weighted by atomic mass is 10.1. The fourth-order valence-electron chi connectivity index (χ4n) is 2.57. The van der Waals surface area contributed by atoms with Crippen LogP contribution in [0.2, 0.25) is 0 Å². The molecule has 0 saturated heterocycles. The average molecular weight is 362 g/mol. The first kappa shape index (κ1) is 19.4. The number of carbonyl (C=O) groups is 1. The first-order valence-electron chi connectivity index (χ1n) is 8.32. The second-order valence-corrected chi connectivity index (χ2v) is 7.10. The minimum atomic E-state index is -3.53. The number of rotatable bonds is 8. The van der Waals surface area contributed by atoms with E-state index < -0.39 is 13.6 Å². The maximum absolute atomic E-state index is 13.4. The van der Waals surface area contributed by atoms with Gasteiger partial charge in [-0.05, 0) is 43.2 Å². The first-order chi connectivity index (χ1) is 12.1. The van der Waals surface area contributed by atoms with E-state index in [1.807, 2.05) is 30.3 Å². The summed E-state index contributed by atoms with van der Waals surface area (Å²) in [5.41, 5.74) is 0.608. The van der Waals surface area contributed by atoms with Crippen LogP contribution in [0.15, 0.2) is 42.5 Å². The van der Waals surface area contributed by atoms with Gasteiger partial charge in [0.15, 0.2) is 0 Å². The Morgan fingerprint density at radius 2 is 1.68 bits per heavy atom. The summed E-state index contributed by atoms with van der Waals surface area (Å²) in [6, 6.07) is 11.3. The van der Waals surface area contributed by atoms with Crippen molar-refractivity contribution < 1.29 is 23.1 Å². The molecule has 0 unspecified atom stereocenters. The van der Waals surface area contributed by atoms with Crippen LogP contribution in [0, 0.1) is 0 Å². The van der Waals surface area contributed by atoms with Crippen LogP contribution < -0.4 is 5.30 Å². The molecule has 0 aromatic heterocycles. The molecule has 0 fully saturated rings. The van der Waals surface area contributed by atoms with E-state index in [1.165, 1.54) is 6.08 Å². The molecule has 0 saturated carbocycles. The van der Waals surface area contributed by atoms with Gasteiger partial charge in [-0.2, -0.15) is 0 Å². The van der Waals surface area contributed by atoms with Crippen LogP contribution in [0.3, 0.4) is 0 Å². The monoisotopic (exact) mass is 362 g/mol. The van der Waals surface area contributed by atoms with E-state index in [0.29, 0.717) is 17.5 Å². The number of carbonyl (C=O) groups excluding carboxylic acids is 1. The zero-order valence-electron chi connectivity index (χ0n) is 14.7. The van der Waals surface area contributed by atoms with Crippen molar-refractivity contribution in [2.24, 2.45) is 0 Å². The zero-order valence-corrected chi connectivity index (χ0v) is 15.6. The van der Waals surface area contributed by atoms with E-state index in [2.05, 4.69) is 0 Å². The van der Waals surface area contributed by atoms with Gasteiger partial charge in [0.05, 0.1) is 25.1 Å². The number of hydrogen-bond acceptors (Lipinski definition) is 5. The maximum Gasteiger partial charge on any atom is 0.362 e. The predicted molar refractivity (Wildman–Crippen MR) is 100 cm³/mol. The van der Waals surface area contributed by atoms with Crippen molar-refractivity contribution in [3.8, 4) is 0 Å². The third kappa shape index (κ3) is 4.57. The van der Waals surface area contributed by atoms with Gasteiger partial charge in [-0.1, -0.05) is 36.4 Å². The van der Waals surface area contributed by atoms with Gasteiger partial charge in [0.1, 0.15) is 0 Å². The number of esters is 1. The zero-order chi connectivity index (χ0) is 18.3. The van der Waals surface area contributed by atoms with Crippen LogP contribution in [0.1, 0.15) is 26.3 Å². The van der Waals surface area contributed by atoms with Crippen molar-refractivity contribution in [2.75, 3.05) is 19.8 Å². The Labute approximate surface area is 148 Å². The minimum absolute atomic E-state index is 0.252. The fourth-order valence-corrected chi connectivity index (χ4v) is 4.54. The molecule has 2 aromatic carbocycles. The number of fused-ring (bicyclic) bond motifs is 1. The SMILES string of the molecule is CCOC(=O)/C=C/c1ccc2ccccc2c1P(=O)(OCC)OCC. The van der Waals surface area contributed by atoms with Gasteiger partial charge >= 0.3 is 13.6 Å². The second-order valence-electron chi connectivity index (χ2n) is 5.14. The molecule has 0 aliphatic carbocycles. The molecular formula is C19H23O5P. The van der Waals surface area contributed by atoms with Gasteiger partial charge in [0.2, 0.25) is 0 Å². The highest BCUT2D eigenvalue weighted by Gasteiger charge is 2.31. The summed E-state index contributed by atoms with van der Waals surface area (Å²) in [6.45, 7) is 6.08. The van der Waals surface area contributed by atoms with E-state index in [9.17, 15) is 9.36 Å². The standard InChI is InChI=1S/C19H23O5P/c1-4-22-18(20)14-13-16-12-11-15-9-7-8-10-17(15)19(16)25(21,23-5-2)24-6-3/h7-14H,4-6H2,1-3H3/b14-13+. The molecule has 0 heterocycles. The Hall–Kier alpha value is -1.94. The lowest BCUT2D eigenvalue weighted by Gasteiger charge is -2.21. The third-order valence-electron chi connectivity index (χ3n) is 3.49. The van der Waals surface area contributed by atoms with Gasteiger partial charge in [-0.15, -0.1) is 0 Å². The highest BCUT2D eigenvalue weighted by molar-refractivity contribution is 7.63. The summed E-state index contributed by atoms with van der Waals surface area (Å²) < 4.78 is 29.4. The summed E-state index contributed by atoms with van der Waals surface area (Å²) >= 11 is 0. The second kappa shape index (κ2) is 8.95. The van der Waals surface area contributed by atoms with E-state index in [1.54, 1.807) is 32.9 Å². The summed E-state index contributed by atoms with van der Waals surface area (Å²) in [5.74, 6) is -0.454. The summed E-state index contributed by atoms with van der Waals surface area (Å²) in [5, 5.41) is 2.17. The summed E-state index contributed by atoms with van der Waals surface area (Å²) in [6.07, 6.45) is 2.91. The molecule has 0 bridgehead atoms. The third-order valence-corrected chi connectivity index (χ3v) is 5.73.